The summed E-state index contributed by atoms with van der Waals surface area (Å²) in [4.78, 5) is 12.0. The molecule has 1 heterocycles. The standard InChI is InChI=1S/C15H21NO3/c1-15(18,12-6-3-2-4-7-12)10-14(17)16-13-8-5-9-19-11-13/h2-4,6-7,13,18H,5,8-11H2,1H3,(H,16,17). The van der Waals surface area contributed by atoms with Crippen LogP contribution >= 0.6 is 0 Å². The van der Waals surface area contributed by atoms with Crippen LogP contribution in [-0.2, 0) is 15.1 Å². The van der Waals surface area contributed by atoms with Crippen molar-refractivity contribution < 1.29 is 14.6 Å². The van der Waals surface area contributed by atoms with E-state index in [1.165, 1.54) is 0 Å². The lowest BCUT2D eigenvalue weighted by molar-refractivity contribution is -0.127. The van der Waals surface area contributed by atoms with Crippen molar-refractivity contribution >= 4 is 5.91 Å². The summed E-state index contributed by atoms with van der Waals surface area (Å²) in [6, 6.07) is 9.34. The molecular formula is C15H21NO3. The topological polar surface area (TPSA) is 58.6 Å². The molecule has 1 aliphatic rings. The summed E-state index contributed by atoms with van der Waals surface area (Å²) < 4.78 is 5.32. The van der Waals surface area contributed by atoms with Crippen molar-refractivity contribution in [3.05, 3.63) is 35.9 Å². The third-order valence-corrected chi connectivity index (χ3v) is 3.43. The summed E-state index contributed by atoms with van der Waals surface area (Å²) in [7, 11) is 0. The van der Waals surface area contributed by atoms with E-state index in [2.05, 4.69) is 5.32 Å². The Labute approximate surface area is 113 Å². The Hall–Kier alpha value is -1.39. The number of aliphatic hydroxyl groups is 1. The van der Waals surface area contributed by atoms with Crippen molar-refractivity contribution in [2.45, 2.75) is 37.8 Å². The van der Waals surface area contributed by atoms with Gasteiger partial charge in [0.2, 0.25) is 5.91 Å². The van der Waals surface area contributed by atoms with Gasteiger partial charge < -0.3 is 15.2 Å². The van der Waals surface area contributed by atoms with Crippen molar-refractivity contribution in [1.82, 2.24) is 5.32 Å². The highest BCUT2D eigenvalue weighted by Gasteiger charge is 2.27. The molecule has 2 unspecified atom stereocenters. The van der Waals surface area contributed by atoms with Gasteiger partial charge in [-0.05, 0) is 25.3 Å². The first kappa shape index (κ1) is 14.0. The normalized spacial score (nSPS) is 22.5. The minimum atomic E-state index is -1.14. The van der Waals surface area contributed by atoms with Crippen LogP contribution in [0.1, 0.15) is 31.7 Å². The maximum absolute atomic E-state index is 12.0. The van der Waals surface area contributed by atoms with E-state index in [1.807, 2.05) is 30.3 Å². The van der Waals surface area contributed by atoms with Gasteiger partial charge in [-0.2, -0.15) is 0 Å². The van der Waals surface area contributed by atoms with Gasteiger partial charge in [0.15, 0.2) is 0 Å². The monoisotopic (exact) mass is 263 g/mol. The molecule has 1 aromatic carbocycles. The second-order valence-corrected chi connectivity index (χ2v) is 5.30. The molecule has 0 bridgehead atoms. The molecule has 2 N–H and O–H groups in total. The molecule has 4 heteroatoms. The van der Waals surface area contributed by atoms with E-state index in [4.69, 9.17) is 4.74 Å². The van der Waals surface area contributed by atoms with Crippen molar-refractivity contribution in [1.29, 1.82) is 0 Å². The van der Waals surface area contributed by atoms with Gasteiger partial charge in [0.25, 0.3) is 0 Å². The lowest BCUT2D eigenvalue weighted by Gasteiger charge is -2.27. The van der Waals surface area contributed by atoms with Crippen molar-refractivity contribution in [3.8, 4) is 0 Å². The zero-order valence-electron chi connectivity index (χ0n) is 11.3. The van der Waals surface area contributed by atoms with Crippen LogP contribution in [0.3, 0.4) is 0 Å². The minimum absolute atomic E-state index is 0.0630. The third kappa shape index (κ3) is 4.04. The highest BCUT2D eigenvalue weighted by atomic mass is 16.5. The molecule has 104 valence electrons. The molecule has 1 aliphatic heterocycles. The smallest absolute Gasteiger partial charge is 0.223 e. The Morgan fingerprint density at radius 3 is 2.84 bits per heavy atom. The molecule has 0 aliphatic carbocycles. The molecule has 0 spiro atoms. The number of hydrogen-bond acceptors (Lipinski definition) is 3. The highest BCUT2D eigenvalue weighted by Crippen LogP contribution is 2.24. The van der Waals surface area contributed by atoms with Crippen LogP contribution in [-0.4, -0.2) is 30.3 Å². The fourth-order valence-corrected chi connectivity index (χ4v) is 2.35. The third-order valence-electron chi connectivity index (χ3n) is 3.43. The van der Waals surface area contributed by atoms with Crippen LogP contribution in [0, 0.1) is 0 Å². The molecule has 2 atom stereocenters. The van der Waals surface area contributed by atoms with E-state index in [0.29, 0.717) is 6.61 Å². The van der Waals surface area contributed by atoms with Gasteiger partial charge in [-0.3, -0.25) is 4.79 Å². The predicted octanol–water partition coefficient (Wildman–Crippen LogP) is 1.58. The number of amides is 1. The number of hydrogen-bond donors (Lipinski definition) is 2. The van der Waals surface area contributed by atoms with Gasteiger partial charge in [-0.15, -0.1) is 0 Å². The van der Waals surface area contributed by atoms with E-state index in [0.717, 1.165) is 25.0 Å². The first-order valence-electron chi connectivity index (χ1n) is 6.73. The van der Waals surface area contributed by atoms with Crippen LogP contribution in [0.5, 0.6) is 0 Å². The maximum atomic E-state index is 12.0. The molecule has 0 radical (unpaired) electrons. The quantitative estimate of drug-likeness (QED) is 0.867. The Bertz CT molecular complexity index is 411. The largest absolute Gasteiger partial charge is 0.385 e. The zero-order valence-corrected chi connectivity index (χ0v) is 11.3. The fourth-order valence-electron chi connectivity index (χ4n) is 2.35. The molecule has 0 saturated carbocycles. The highest BCUT2D eigenvalue weighted by molar-refractivity contribution is 5.77. The maximum Gasteiger partial charge on any atom is 0.223 e. The zero-order chi connectivity index (χ0) is 13.7. The van der Waals surface area contributed by atoms with Crippen LogP contribution in [0.2, 0.25) is 0 Å². The fraction of sp³-hybridized carbons (Fsp3) is 0.533. The van der Waals surface area contributed by atoms with Crippen LogP contribution in [0.4, 0.5) is 0 Å². The van der Waals surface area contributed by atoms with Gasteiger partial charge in [0.1, 0.15) is 0 Å². The van der Waals surface area contributed by atoms with Gasteiger partial charge in [-0.1, -0.05) is 30.3 Å². The first-order chi connectivity index (χ1) is 9.08. The lowest BCUT2D eigenvalue weighted by atomic mass is 9.92. The molecule has 1 saturated heterocycles. The molecule has 4 nitrogen and oxygen atoms in total. The predicted molar refractivity (Wildman–Crippen MR) is 72.6 cm³/mol. The van der Waals surface area contributed by atoms with Gasteiger partial charge in [0.05, 0.1) is 24.7 Å². The van der Waals surface area contributed by atoms with Gasteiger partial charge in [0, 0.05) is 6.61 Å². The van der Waals surface area contributed by atoms with Crippen molar-refractivity contribution in [2.75, 3.05) is 13.2 Å². The molecule has 1 fully saturated rings. The molecular weight excluding hydrogens is 242 g/mol. The van der Waals surface area contributed by atoms with Gasteiger partial charge in [-0.25, -0.2) is 0 Å². The molecule has 1 amide bonds. The van der Waals surface area contributed by atoms with E-state index in [1.54, 1.807) is 6.92 Å². The summed E-state index contributed by atoms with van der Waals surface area (Å²) in [6.45, 7) is 3.01. The molecule has 1 aromatic rings. The summed E-state index contributed by atoms with van der Waals surface area (Å²) in [5.41, 5.74) is -0.383. The first-order valence-corrected chi connectivity index (χ1v) is 6.73. The Morgan fingerprint density at radius 1 is 1.47 bits per heavy atom. The van der Waals surface area contributed by atoms with Gasteiger partial charge >= 0.3 is 0 Å². The average molecular weight is 263 g/mol. The second-order valence-electron chi connectivity index (χ2n) is 5.30. The Kier molecular flexibility index (Phi) is 4.56. The van der Waals surface area contributed by atoms with Crippen LogP contribution in [0.15, 0.2) is 30.3 Å². The van der Waals surface area contributed by atoms with Crippen molar-refractivity contribution in [3.63, 3.8) is 0 Å². The van der Waals surface area contributed by atoms with Crippen molar-refractivity contribution in [2.24, 2.45) is 0 Å². The van der Waals surface area contributed by atoms with Crippen LogP contribution in [0.25, 0.3) is 0 Å². The van der Waals surface area contributed by atoms with E-state index >= 15 is 0 Å². The van der Waals surface area contributed by atoms with E-state index in [9.17, 15) is 9.90 Å². The average Bonchev–Trinajstić information content (AvgIpc) is 2.40. The summed E-state index contributed by atoms with van der Waals surface area (Å²) in [5.74, 6) is -0.135. The molecule has 0 aromatic heterocycles. The number of rotatable bonds is 4. The van der Waals surface area contributed by atoms with E-state index in [-0.39, 0.29) is 18.4 Å². The molecule has 2 rings (SSSR count). The summed E-state index contributed by atoms with van der Waals surface area (Å²) >= 11 is 0. The number of benzene rings is 1. The lowest BCUT2D eigenvalue weighted by Crippen LogP contribution is -2.43. The minimum Gasteiger partial charge on any atom is -0.385 e. The summed E-state index contributed by atoms with van der Waals surface area (Å²) in [5, 5.41) is 13.3. The Balaban J connectivity index is 1.90. The number of ether oxygens (including phenoxy) is 1. The SMILES string of the molecule is CC(O)(CC(=O)NC1CCCOC1)c1ccccc1. The number of nitrogens with one attached hydrogen (secondary N) is 1. The second kappa shape index (κ2) is 6.17. The Morgan fingerprint density at radius 2 is 2.21 bits per heavy atom. The summed E-state index contributed by atoms with van der Waals surface area (Å²) in [6.07, 6.45) is 1.98. The molecule has 19 heavy (non-hydrogen) atoms. The number of carbonyl (C=O) groups excluding carboxylic acids is 1. The van der Waals surface area contributed by atoms with Crippen LogP contribution < -0.4 is 5.32 Å². The number of carbonyl (C=O) groups is 1. The van der Waals surface area contributed by atoms with E-state index < -0.39 is 5.60 Å².